The third kappa shape index (κ3) is 8.48. The molecule has 0 unspecified atom stereocenters. The first-order chi connectivity index (χ1) is 13.6. The molecule has 28 heavy (non-hydrogen) atoms. The zero-order valence-corrected chi connectivity index (χ0v) is 18.3. The number of hydrogen-bond acceptors (Lipinski definition) is 5. The van der Waals surface area contributed by atoms with Gasteiger partial charge in [-0.25, -0.2) is 4.98 Å². The van der Waals surface area contributed by atoms with E-state index in [1.54, 1.807) is 6.20 Å². The number of H-pyrrole nitrogens is 1. The predicted octanol–water partition coefficient (Wildman–Crippen LogP) is 4.30. The molecule has 0 radical (unpaired) electrons. The van der Waals surface area contributed by atoms with Crippen molar-refractivity contribution in [2.75, 3.05) is 31.7 Å². The Labute approximate surface area is 173 Å². The second kappa shape index (κ2) is 12.6. The van der Waals surface area contributed by atoms with Crippen molar-refractivity contribution in [3.8, 4) is 0 Å². The Bertz CT molecular complexity index is 760. The number of thioether (sulfide) groups is 1. The number of hydrogen-bond donors (Lipinski definition) is 2. The molecule has 0 aliphatic rings. The number of nitrogens with one attached hydrogen (secondary N) is 2. The molecule has 0 bridgehead atoms. The summed E-state index contributed by atoms with van der Waals surface area (Å²) in [4.78, 5) is 21.5. The lowest BCUT2D eigenvalue weighted by Crippen LogP contribution is -2.17. The summed E-state index contributed by atoms with van der Waals surface area (Å²) in [7, 11) is 4.18. The van der Waals surface area contributed by atoms with Gasteiger partial charge in [0.2, 0.25) is 5.95 Å². The summed E-state index contributed by atoms with van der Waals surface area (Å²) in [5.74, 6) is 2.51. The Morgan fingerprint density at radius 3 is 2.75 bits per heavy atom. The van der Waals surface area contributed by atoms with Gasteiger partial charge < -0.3 is 10.2 Å². The highest BCUT2D eigenvalue weighted by atomic mass is 32.2. The van der Waals surface area contributed by atoms with Gasteiger partial charge >= 0.3 is 0 Å². The minimum absolute atomic E-state index is 0.0145. The smallest absolute Gasteiger partial charge is 0.255 e. The lowest BCUT2D eigenvalue weighted by molar-refractivity contribution is 0.402. The van der Waals surface area contributed by atoms with Gasteiger partial charge in [0.15, 0.2) is 0 Å². The summed E-state index contributed by atoms with van der Waals surface area (Å²) in [6, 6.07) is 8.76. The molecule has 1 heterocycles. The molecule has 0 saturated carbocycles. The van der Waals surface area contributed by atoms with Crippen molar-refractivity contribution in [2.45, 2.75) is 51.3 Å². The molecule has 0 spiro atoms. The van der Waals surface area contributed by atoms with Gasteiger partial charge in [0, 0.05) is 36.4 Å². The SMILES string of the molecule is CCCCCCc1cnc(NCCSCc2cccc(CN(C)C)c2)[nH]c1=O. The van der Waals surface area contributed by atoms with Crippen LogP contribution in [0.25, 0.3) is 0 Å². The molecule has 2 N–H and O–H groups in total. The van der Waals surface area contributed by atoms with Crippen molar-refractivity contribution in [2.24, 2.45) is 0 Å². The first-order valence-corrected chi connectivity index (χ1v) is 11.4. The van der Waals surface area contributed by atoms with Gasteiger partial charge in [-0.1, -0.05) is 50.5 Å². The van der Waals surface area contributed by atoms with Crippen LogP contribution in [0.1, 0.15) is 49.3 Å². The zero-order chi connectivity index (χ0) is 20.2. The highest BCUT2D eigenvalue weighted by Crippen LogP contribution is 2.14. The minimum Gasteiger partial charge on any atom is -0.355 e. The molecule has 0 aliphatic carbocycles. The van der Waals surface area contributed by atoms with E-state index in [4.69, 9.17) is 0 Å². The first-order valence-electron chi connectivity index (χ1n) is 10.2. The lowest BCUT2D eigenvalue weighted by Gasteiger charge is -2.11. The van der Waals surface area contributed by atoms with Gasteiger partial charge in [0.05, 0.1) is 0 Å². The number of aryl methyl sites for hydroxylation is 1. The van der Waals surface area contributed by atoms with Crippen LogP contribution in [0, 0.1) is 0 Å². The van der Waals surface area contributed by atoms with Crippen molar-refractivity contribution in [1.82, 2.24) is 14.9 Å². The van der Waals surface area contributed by atoms with E-state index in [0.717, 1.165) is 43.0 Å². The van der Waals surface area contributed by atoms with E-state index in [-0.39, 0.29) is 5.56 Å². The molecule has 0 fully saturated rings. The molecule has 6 heteroatoms. The van der Waals surface area contributed by atoms with Crippen molar-refractivity contribution in [1.29, 1.82) is 0 Å². The van der Waals surface area contributed by atoms with Crippen LogP contribution >= 0.6 is 11.8 Å². The van der Waals surface area contributed by atoms with Gasteiger partial charge in [0.1, 0.15) is 0 Å². The Hall–Kier alpha value is -1.79. The fraction of sp³-hybridized carbons (Fsp3) is 0.545. The Kier molecular flexibility index (Phi) is 10.1. The molecule has 0 atom stereocenters. The topological polar surface area (TPSA) is 61.0 Å². The van der Waals surface area contributed by atoms with E-state index < -0.39 is 0 Å². The van der Waals surface area contributed by atoms with Gasteiger partial charge in [0.25, 0.3) is 5.56 Å². The number of rotatable bonds is 13. The highest BCUT2D eigenvalue weighted by Gasteiger charge is 2.03. The van der Waals surface area contributed by atoms with Crippen molar-refractivity contribution in [3.63, 3.8) is 0 Å². The maximum atomic E-state index is 12.1. The van der Waals surface area contributed by atoms with E-state index in [1.165, 1.54) is 30.4 Å². The lowest BCUT2D eigenvalue weighted by atomic mass is 10.1. The Morgan fingerprint density at radius 2 is 2.00 bits per heavy atom. The summed E-state index contributed by atoms with van der Waals surface area (Å²) < 4.78 is 0. The van der Waals surface area contributed by atoms with Crippen LogP contribution in [-0.4, -0.2) is 41.3 Å². The standard InChI is InChI=1S/C22H34N4OS/c1-4-5-6-7-11-20-15-24-22(25-21(20)27)23-12-13-28-17-19-10-8-9-18(14-19)16-26(2)3/h8-10,14-15H,4-7,11-13,16-17H2,1-3H3,(H2,23,24,25,27). The maximum absolute atomic E-state index is 12.1. The van der Waals surface area contributed by atoms with Crippen molar-refractivity contribution in [3.05, 3.63) is 57.5 Å². The average Bonchev–Trinajstić information content (AvgIpc) is 2.66. The first kappa shape index (κ1) is 22.5. The van der Waals surface area contributed by atoms with Crippen LogP contribution in [0.15, 0.2) is 35.3 Å². The fourth-order valence-corrected chi connectivity index (χ4v) is 3.85. The molecule has 0 amide bonds. The third-order valence-corrected chi connectivity index (χ3v) is 5.50. The van der Waals surface area contributed by atoms with E-state index >= 15 is 0 Å². The molecule has 1 aromatic carbocycles. The molecular weight excluding hydrogens is 368 g/mol. The molecule has 154 valence electrons. The predicted molar refractivity (Wildman–Crippen MR) is 121 cm³/mol. The van der Waals surface area contributed by atoms with E-state index in [1.807, 2.05) is 11.8 Å². The molecule has 5 nitrogen and oxygen atoms in total. The summed E-state index contributed by atoms with van der Waals surface area (Å²) in [5.41, 5.74) is 3.47. The van der Waals surface area contributed by atoms with Gasteiger partial charge in [-0.15, -0.1) is 0 Å². The summed E-state index contributed by atoms with van der Waals surface area (Å²) >= 11 is 1.88. The number of nitrogens with zero attached hydrogens (tertiary/aromatic N) is 2. The van der Waals surface area contributed by atoms with Crippen LogP contribution < -0.4 is 10.9 Å². The molecule has 0 aliphatic heterocycles. The minimum atomic E-state index is -0.0145. The normalized spacial score (nSPS) is 11.1. The molecule has 2 rings (SSSR count). The molecule has 2 aromatic rings. The quantitative estimate of drug-likeness (QED) is 0.489. The van der Waals surface area contributed by atoms with E-state index in [9.17, 15) is 4.79 Å². The van der Waals surface area contributed by atoms with Crippen LogP contribution in [-0.2, 0) is 18.7 Å². The number of unbranched alkanes of at least 4 members (excludes halogenated alkanes) is 3. The van der Waals surface area contributed by atoms with Gasteiger partial charge in [-0.2, -0.15) is 11.8 Å². The van der Waals surface area contributed by atoms with Crippen molar-refractivity contribution >= 4 is 17.7 Å². The van der Waals surface area contributed by atoms with E-state index in [0.29, 0.717) is 5.95 Å². The second-order valence-corrected chi connectivity index (χ2v) is 8.54. The molecular formula is C22H34N4OS. The number of aromatic amines is 1. The van der Waals surface area contributed by atoms with Gasteiger partial charge in [-0.05, 0) is 38.1 Å². The van der Waals surface area contributed by atoms with Crippen LogP contribution in [0.4, 0.5) is 5.95 Å². The van der Waals surface area contributed by atoms with Crippen LogP contribution in [0.2, 0.25) is 0 Å². The monoisotopic (exact) mass is 402 g/mol. The third-order valence-electron chi connectivity index (χ3n) is 4.47. The number of aromatic nitrogens is 2. The Balaban J connectivity index is 1.69. The highest BCUT2D eigenvalue weighted by molar-refractivity contribution is 7.98. The summed E-state index contributed by atoms with van der Waals surface area (Å²) in [5, 5.41) is 3.22. The van der Waals surface area contributed by atoms with Crippen LogP contribution in [0.3, 0.4) is 0 Å². The number of anilines is 1. The van der Waals surface area contributed by atoms with Gasteiger partial charge in [-0.3, -0.25) is 9.78 Å². The maximum Gasteiger partial charge on any atom is 0.255 e. The average molecular weight is 403 g/mol. The zero-order valence-electron chi connectivity index (χ0n) is 17.5. The van der Waals surface area contributed by atoms with Crippen molar-refractivity contribution < 1.29 is 0 Å². The molecule has 1 aromatic heterocycles. The number of benzene rings is 1. The largest absolute Gasteiger partial charge is 0.355 e. The summed E-state index contributed by atoms with van der Waals surface area (Å²) in [6.07, 6.45) is 7.18. The van der Waals surface area contributed by atoms with Crippen LogP contribution in [0.5, 0.6) is 0 Å². The summed E-state index contributed by atoms with van der Waals surface area (Å²) in [6.45, 7) is 3.93. The second-order valence-electron chi connectivity index (χ2n) is 7.43. The fourth-order valence-electron chi connectivity index (χ4n) is 3.05. The molecule has 0 saturated heterocycles. The Morgan fingerprint density at radius 1 is 1.18 bits per heavy atom. The van der Waals surface area contributed by atoms with E-state index in [2.05, 4.69) is 65.5 Å².